The highest BCUT2D eigenvalue weighted by Crippen LogP contribution is 2.42. The van der Waals surface area contributed by atoms with E-state index in [1.807, 2.05) is 0 Å². The van der Waals surface area contributed by atoms with Gasteiger partial charge >= 0.3 is 11.9 Å². The third kappa shape index (κ3) is 5.98. The number of aliphatic carboxylic acids is 2. The van der Waals surface area contributed by atoms with Gasteiger partial charge in [-0.2, -0.15) is 9.36 Å². The van der Waals surface area contributed by atoms with Crippen LogP contribution in [-0.4, -0.2) is 99.9 Å². The summed E-state index contributed by atoms with van der Waals surface area (Å²) in [4.78, 5) is 58.2. The Kier molecular flexibility index (Phi) is 8.52. The van der Waals surface area contributed by atoms with E-state index in [2.05, 4.69) is 30.0 Å². The molecule has 2 aromatic heterocycles. The van der Waals surface area contributed by atoms with Crippen molar-refractivity contribution >= 4 is 92.8 Å². The molecular weight excluding hydrogens is 589 g/mol. The zero-order valence-electron chi connectivity index (χ0n) is 18.5. The van der Waals surface area contributed by atoms with Crippen LogP contribution in [0.15, 0.2) is 25.1 Å². The quantitative estimate of drug-likeness (QED) is 0.115. The number of carbonyl (C=O) groups excluding carboxylic acids is 2. The molecule has 2 aliphatic rings. The fraction of sp³-hybridized carbons (Fsp3) is 0.353. The number of carbonyl (C=O) groups is 4. The maximum absolute atomic E-state index is 12.9. The summed E-state index contributed by atoms with van der Waals surface area (Å²) in [5, 5.41) is 32.2. The van der Waals surface area contributed by atoms with Crippen LogP contribution in [0.4, 0.5) is 5.13 Å². The summed E-state index contributed by atoms with van der Waals surface area (Å²) in [6, 6.07) is -0.990. The summed E-state index contributed by atoms with van der Waals surface area (Å²) in [5.41, 5.74) is 5.66. The van der Waals surface area contributed by atoms with Crippen LogP contribution >= 0.6 is 58.2 Å². The molecule has 1 unspecified atom stereocenters. The number of β-lactam (4-membered cyclic amide) rings is 1. The summed E-state index contributed by atoms with van der Waals surface area (Å²) in [6.45, 7) is 0. The van der Waals surface area contributed by atoms with Crippen LogP contribution < -0.4 is 11.1 Å². The monoisotopic (exact) mass is 604 g/mol. The van der Waals surface area contributed by atoms with Crippen LogP contribution in [0.3, 0.4) is 0 Å². The lowest BCUT2D eigenvalue weighted by molar-refractivity contribution is -0.150. The third-order valence-electron chi connectivity index (χ3n) is 4.66. The molecule has 1 fully saturated rings. The standard InChI is InChI=1S/C17H16N8O7S5/c1-32-23-7(10-20-15(18)37-24-10)11(28)19-8-12(29)25-9(14(30)31)5(2-33-13(8)25)3-34-16-21-22-17(36-16)35-4-6(26)27/h8,13H,2-4H2,1H3,(H,19,28)(H,26,27)(H,30,31)(H2,18,20,24)/t8?,13-/m1/s1. The van der Waals surface area contributed by atoms with E-state index in [9.17, 15) is 24.3 Å². The van der Waals surface area contributed by atoms with Crippen LogP contribution in [0, 0.1) is 0 Å². The maximum Gasteiger partial charge on any atom is 0.352 e. The number of hydrogen-bond acceptors (Lipinski definition) is 16. The van der Waals surface area contributed by atoms with Gasteiger partial charge in [0.1, 0.15) is 24.2 Å². The first-order valence-electron chi connectivity index (χ1n) is 9.92. The van der Waals surface area contributed by atoms with Gasteiger partial charge < -0.3 is 26.1 Å². The Bertz CT molecular complexity index is 1310. The predicted octanol–water partition coefficient (Wildman–Crippen LogP) is 0.0299. The lowest BCUT2D eigenvalue weighted by Crippen LogP contribution is -2.71. The Hall–Kier alpha value is -2.94. The number of amides is 2. The molecule has 0 radical (unpaired) electrons. The highest BCUT2D eigenvalue weighted by atomic mass is 32.2. The van der Waals surface area contributed by atoms with Crippen LogP contribution in [0.25, 0.3) is 0 Å². The first-order chi connectivity index (χ1) is 17.7. The molecule has 2 aromatic rings. The molecule has 0 bridgehead atoms. The topological polar surface area (TPSA) is 223 Å². The van der Waals surface area contributed by atoms with Gasteiger partial charge in [0.2, 0.25) is 11.5 Å². The zero-order chi connectivity index (χ0) is 26.7. The van der Waals surface area contributed by atoms with Gasteiger partial charge in [-0.3, -0.25) is 19.3 Å². The van der Waals surface area contributed by atoms with E-state index in [0.29, 0.717) is 20.0 Å². The number of fused-ring (bicyclic) bond motifs is 1. The van der Waals surface area contributed by atoms with Gasteiger partial charge in [0, 0.05) is 23.0 Å². The van der Waals surface area contributed by atoms with Gasteiger partial charge in [-0.05, 0) is 5.57 Å². The van der Waals surface area contributed by atoms with Crippen molar-refractivity contribution in [1.29, 1.82) is 0 Å². The second-order valence-electron chi connectivity index (χ2n) is 7.00. The molecule has 15 nitrogen and oxygen atoms in total. The molecule has 2 aliphatic heterocycles. The molecule has 0 aliphatic carbocycles. The molecular formula is C17H16N8O7S5. The van der Waals surface area contributed by atoms with Gasteiger partial charge in [0.25, 0.3) is 11.8 Å². The van der Waals surface area contributed by atoms with Gasteiger partial charge in [-0.15, -0.1) is 22.0 Å². The maximum atomic E-state index is 12.9. The molecule has 1 saturated heterocycles. The number of thioether (sulfide) groups is 3. The number of carboxylic acids is 2. The van der Waals surface area contributed by atoms with E-state index in [1.54, 1.807) is 0 Å². The fourth-order valence-electron chi connectivity index (χ4n) is 3.20. The summed E-state index contributed by atoms with van der Waals surface area (Å²) >= 11 is 5.65. The largest absolute Gasteiger partial charge is 0.481 e. The number of anilines is 1. The normalized spacial score (nSPS) is 19.3. The summed E-state index contributed by atoms with van der Waals surface area (Å²) < 4.78 is 4.95. The molecule has 0 saturated carbocycles. The Balaban J connectivity index is 1.43. The van der Waals surface area contributed by atoms with Crippen molar-refractivity contribution in [2.45, 2.75) is 20.1 Å². The Morgan fingerprint density at radius 1 is 1.27 bits per heavy atom. The van der Waals surface area contributed by atoms with Crippen LogP contribution in [-0.2, 0) is 24.0 Å². The van der Waals surface area contributed by atoms with Crippen LogP contribution in [0.1, 0.15) is 5.82 Å². The average Bonchev–Trinajstić information content (AvgIpc) is 3.50. The molecule has 2 atom stereocenters. The molecule has 196 valence electrons. The van der Waals surface area contributed by atoms with Crippen LogP contribution in [0.2, 0.25) is 0 Å². The van der Waals surface area contributed by atoms with E-state index in [4.69, 9.17) is 15.7 Å². The first-order valence-corrected chi connectivity index (χ1v) is 14.5. The molecule has 4 heterocycles. The fourth-order valence-corrected chi connectivity index (χ4v) is 7.86. The van der Waals surface area contributed by atoms with Crippen molar-refractivity contribution in [2.75, 3.05) is 30.1 Å². The van der Waals surface area contributed by atoms with E-state index >= 15 is 0 Å². The van der Waals surface area contributed by atoms with Crippen molar-refractivity contribution in [3.8, 4) is 0 Å². The minimum atomic E-state index is -1.27. The molecule has 0 aromatic carbocycles. The van der Waals surface area contributed by atoms with Gasteiger partial charge in [-0.1, -0.05) is 40.0 Å². The summed E-state index contributed by atoms with van der Waals surface area (Å²) in [6.07, 6.45) is 0. The summed E-state index contributed by atoms with van der Waals surface area (Å²) in [5.74, 6) is -3.26. The molecule has 0 spiro atoms. The number of carboxylic acid groups (broad SMARTS) is 2. The first kappa shape index (κ1) is 27.1. The number of hydrogen-bond donors (Lipinski definition) is 4. The number of nitrogens with zero attached hydrogens (tertiary/aromatic N) is 6. The number of nitrogen functional groups attached to an aromatic ring is 1. The third-order valence-corrected chi connectivity index (χ3v) is 9.81. The van der Waals surface area contributed by atoms with Crippen LogP contribution in [0.5, 0.6) is 0 Å². The van der Waals surface area contributed by atoms with Crippen molar-refractivity contribution in [1.82, 2.24) is 29.8 Å². The van der Waals surface area contributed by atoms with Crippen molar-refractivity contribution in [3.63, 3.8) is 0 Å². The molecule has 5 N–H and O–H groups in total. The second-order valence-corrected chi connectivity index (χ2v) is 12.3. The number of oxime groups is 1. The zero-order valence-corrected chi connectivity index (χ0v) is 22.6. The molecule has 2 amide bonds. The van der Waals surface area contributed by atoms with Crippen molar-refractivity contribution in [2.24, 2.45) is 5.16 Å². The minimum Gasteiger partial charge on any atom is -0.481 e. The minimum absolute atomic E-state index is 0.0617. The lowest BCUT2D eigenvalue weighted by Gasteiger charge is -2.49. The SMILES string of the molecule is CON=C(C(=O)NC1C(=O)N2C(C(=O)O)=C(CSc3nnc(SCC(=O)O)s3)CS[C@H]12)c1nsc(N)n1. The van der Waals surface area contributed by atoms with E-state index in [0.717, 1.165) is 28.2 Å². The smallest absolute Gasteiger partial charge is 0.352 e. The predicted molar refractivity (Wildman–Crippen MR) is 137 cm³/mol. The molecule has 4 rings (SSSR count). The molecule has 37 heavy (non-hydrogen) atoms. The number of rotatable bonds is 11. The Labute approximate surface area is 228 Å². The van der Waals surface area contributed by atoms with E-state index < -0.39 is 35.2 Å². The van der Waals surface area contributed by atoms with Gasteiger partial charge in [0.05, 0.1) is 5.75 Å². The average molecular weight is 605 g/mol. The van der Waals surface area contributed by atoms with E-state index in [-0.39, 0.29) is 33.9 Å². The van der Waals surface area contributed by atoms with Crippen molar-refractivity contribution < 1.29 is 34.2 Å². The Morgan fingerprint density at radius 3 is 2.62 bits per heavy atom. The number of nitrogens with two attached hydrogens (primary N) is 1. The van der Waals surface area contributed by atoms with E-state index in [1.165, 1.54) is 42.0 Å². The summed E-state index contributed by atoms with van der Waals surface area (Å²) in [7, 11) is 1.23. The number of aromatic nitrogens is 4. The van der Waals surface area contributed by atoms with Crippen molar-refractivity contribution in [3.05, 3.63) is 17.1 Å². The second kappa shape index (κ2) is 11.6. The number of nitrogens with one attached hydrogen (secondary N) is 1. The highest BCUT2D eigenvalue weighted by molar-refractivity contribution is 8.03. The Morgan fingerprint density at radius 2 is 2.00 bits per heavy atom. The molecule has 20 heteroatoms. The van der Waals surface area contributed by atoms with Gasteiger partial charge in [-0.25, -0.2) is 4.79 Å². The highest BCUT2D eigenvalue weighted by Gasteiger charge is 2.54. The lowest BCUT2D eigenvalue weighted by atomic mass is 10.0. The van der Waals surface area contributed by atoms with Gasteiger partial charge in [0.15, 0.2) is 13.8 Å².